The summed E-state index contributed by atoms with van der Waals surface area (Å²) >= 11 is 0. The van der Waals surface area contributed by atoms with Crippen LogP contribution < -0.4 is 5.32 Å². The van der Waals surface area contributed by atoms with Gasteiger partial charge >= 0.3 is 6.09 Å². The summed E-state index contributed by atoms with van der Waals surface area (Å²) in [5, 5.41) is 2.99. The quantitative estimate of drug-likeness (QED) is 0.839. The molecule has 0 radical (unpaired) electrons. The number of carbonyl (C=O) groups is 2. The van der Waals surface area contributed by atoms with E-state index in [1.165, 1.54) is 0 Å². The van der Waals surface area contributed by atoms with Crippen molar-refractivity contribution >= 4 is 11.9 Å². The second-order valence-electron chi connectivity index (χ2n) is 6.32. The Morgan fingerprint density at radius 3 is 2.22 bits per heavy atom. The number of Topliss-reactive ketones (excluding diaryl/α,β-unsaturated/α-hetero) is 1. The Labute approximate surface area is 109 Å². The second-order valence-corrected chi connectivity index (χ2v) is 6.32. The standard InChI is InChI=1S/C14H25NO3/c1-11(16)7-10-14(8-5-6-9-14)15-12(17)18-13(2,3)4/h5-10H2,1-4H3,(H,15,17). The van der Waals surface area contributed by atoms with Crippen LogP contribution in [0, 0.1) is 0 Å². The highest BCUT2D eigenvalue weighted by Crippen LogP contribution is 2.34. The first-order chi connectivity index (χ1) is 8.22. The highest BCUT2D eigenvalue weighted by molar-refractivity contribution is 5.75. The number of ether oxygens (including phenoxy) is 1. The van der Waals surface area contributed by atoms with Gasteiger partial charge in [0.2, 0.25) is 0 Å². The zero-order valence-corrected chi connectivity index (χ0v) is 12.0. The van der Waals surface area contributed by atoms with Gasteiger partial charge in [-0.05, 0) is 47.0 Å². The number of rotatable bonds is 4. The van der Waals surface area contributed by atoms with Gasteiger partial charge < -0.3 is 14.8 Å². The largest absolute Gasteiger partial charge is 0.444 e. The molecule has 104 valence electrons. The molecule has 4 heteroatoms. The Bertz CT molecular complexity index is 311. The van der Waals surface area contributed by atoms with Crippen molar-refractivity contribution < 1.29 is 14.3 Å². The molecule has 0 aliphatic heterocycles. The monoisotopic (exact) mass is 255 g/mol. The summed E-state index contributed by atoms with van der Waals surface area (Å²) in [6, 6.07) is 0. The summed E-state index contributed by atoms with van der Waals surface area (Å²) in [6.07, 6.45) is 4.98. The number of ketones is 1. The molecule has 0 aromatic carbocycles. The predicted octanol–water partition coefficient (Wildman–Crippen LogP) is 3.19. The first-order valence-electron chi connectivity index (χ1n) is 6.73. The van der Waals surface area contributed by atoms with Crippen molar-refractivity contribution in [3.8, 4) is 0 Å². The molecule has 0 saturated heterocycles. The minimum Gasteiger partial charge on any atom is -0.444 e. The fraction of sp³-hybridized carbons (Fsp3) is 0.857. The molecule has 0 aromatic rings. The SMILES string of the molecule is CC(=O)CCC1(NC(=O)OC(C)(C)C)CCCC1. The maximum atomic E-state index is 11.8. The van der Waals surface area contributed by atoms with E-state index in [4.69, 9.17) is 4.74 Å². The summed E-state index contributed by atoms with van der Waals surface area (Å²) in [6.45, 7) is 7.15. The molecule has 1 saturated carbocycles. The molecule has 1 aliphatic rings. The first-order valence-corrected chi connectivity index (χ1v) is 6.73. The molecule has 0 spiro atoms. The molecule has 1 amide bonds. The Kier molecular flexibility index (Phi) is 4.77. The Balaban J connectivity index is 2.57. The van der Waals surface area contributed by atoms with Crippen LogP contribution in [0.2, 0.25) is 0 Å². The van der Waals surface area contributed by atoms with Crippen LogP contribution in [-0.4, -0.2) is 23.0 Å². The number of nitrogens with one attached hydrogen (secondary N) is 1. The molecule has 4 nitrogen and oxygen atoms in total. The molecule has 1 rings (SSSR count). The second kappa shape index (κ2) is 5.72. The summed E-state index contributed by atoms with van der Waals surface area (Å²) in [5.41, 5.74) is -0.710. The van der Waals surface area contributed by atoms with Crippen LogP contribution in [-0.2, 0) is 9.53 Å². The van der Waals surface area contributed by atoms with Crippen LogP contribution in [0.5, 0.6) is 0 Å². The predicted molar refractivity (Wildman–Crippen MR) is 70.5 cm³/mol. The molecule has 1 fully saturated rings. The first kappa shape index (κ1) is 15.0. The molecule has 0 aromatic heterocycles. The van der Waals surface area contributed by atoms with Crippen LogP contribution in [0.1, 0.15) is 66.2 Å². The number of carbonyl (C=O) groups excluding carboxylic acids is 2. The fourth-order valence-corrected chi connectivity index (χ4v) is 2.42. The van der Waals surface area contributed by atoms with E-state index in [-0.39, 0.29) is 17.4 Å². The van der Waals surface area contributed by atoms with E-state index in [1.807, 2.05) is 20.8 Å². The van der Waals surface area contributed by atoms with E-state index in [0.29, 0.717) is 6.42 Å². The fourth-order valence-electron chi connectivity index (χ4n) is 2.42. The van der Waals surface area contributed by atoms with Gasteiger partial charge in [-0.15, -0.1) is 0 Å². The number of alkyl carbamates (subject to hydrolysis) is 1. The van der Waals surface area contributed by atoms with Crippen molar-refractivity contribution in [1.82, 2.24) is 5.32 Å². The topological polar surface area (TPSA) is 55.4 Å². The van der Waals surface area contributed by atoms with Gasteiger partial charge in [0.25, 0.3) is 0 Å². The van der Waals surface area contributed by atoms with Gasteiger partial charge in [-0.25, -0.2) is 4.79 Å². The molecule has 1 N–H and O–H groups in total. The molecular formula is C14H25NO3. The van der Waals surface area contributed by atoms with E-state index in [0.717, 1.165) is 32.1 Å². The van der Waals surface area contributed by atoms with Gasteiger partial charge in [0.1, 0.15) is 11.4 Å². The highest BCUT2D eigenvalue weighted by atomic mass is 16.6. The normalized spacial score (nSPS) is 18.4. The van der Waals surface area contributed by atoms with E-state index in [2.05, 4.69) is 5.32 Å². The minimum absolute atomic E-state index is 0.173. The van der Waals surface area contributed by atoms with Crippen LogP contribution in [0.4, 0.5) is 4.79 Å². The number of hydrogen-bond acceptors (Lipinski definition) is 3. The van der Waals surface area contributed by atoms with Crippen molar-refractivity contribution in [3.05, 3.63) is 0 Å². The minimum atomic E-state index is -0.482. The average molecular weight is 255 g/mol. The Morgan fingerprint density at radius 1 is 1.22 bits per heavy atom. The van der Waals surface area contributed by atoms with Crippen molar-refractivity contribution in [2.24, 2.45) is 0 Å². The lowest BCUT2D eigenvalue weighted by atomic mass is 9.91. The zero-order valence-electron chi connectivity index (χ0n) is 12.0. The third kappa shape index (κ3) is 5.07. The van der Waals surface area contributed by atoms with Crippen molar-refractivity contribution in [3.63, 3.8) is 0 Å². The molecule has 1 aliphatic carbocycles. The van der Waals surface area contributed by atoms with Crippen LogP contribution in [0.25, 0.3) is 0 Å². The third-order valence-corrected chi connectivity index (χ3v) is 3.28. The van der Waals surface area contributed by atoms with Gasteiger partial charge in [-0.2, -0.15) is 0 Å². The smallest absolute Gasteiger partial charge is 0.408 e. The zero-order chi connectivity index (χ0) is 13.8. The molecule has 18 heavy (non-hydrogen) atoms. The number of hydrogen-bond donors (Lipinski definition) is 1. The molecule has 0 heterocycles. The molecular weight excluding hydrogens is 230 g/mol. The Hall–Kier alpha value is -1.06. The maximum absolute atomic E-state index is 11.8. The Morgan fingerprint density at radius 2 is 1.78 bits per heavy atom. The summed E-state index contributed by atoms with van der Waals surface area (Å²) in [7, 11) is 0. The van der Waals surface area contributed by atoms with Gasteiger partial charge in [-0.1, -0.05) is 12.8 Å². The van der Waals surface area contributed by atoms with Gasteiger partial charge in [0.05, 0.1) is 0 Å². The van der Waals surface area contributed by atoms with Crippen molar-refractivity contribution in [2.45, 2.75) is 77.4 Å². The molecule has 0 atom stereocenters. The lowest BCUT2D eigenvalue weighted by Gasteiger charge is -2.31. The lowest BCUT2D eigenvalue weighted by molar-refractivity contribution is -0.117. The van der Waals surface area contributed by atoms with Crippen molar-refractivity contribution in [1.29, 1.82) is 0 Å². The number of amides is 1. The van der Waals surface area contributed by atoms with Gasteiger partial charge in [0.15, 0.2) is 0 Å². The summed E-state index contributed by atoms with van der Waals surface area (Å²) in [5.74, 6) is 0.173. The lowest BCUT2D eigenvalue weighted by Crippen LogP contribution is -2.48. The molecule has 0 bridgehead atoms. The average Bonchev–Trinajstić information content (AvgIpc) is 2.61. The van der Waals surface area contributed by atoms with Gasteiger partial charge in [0, 0.05) is 12.0 Å². The summed E-state index contributed by atoms with van der Waals surface area (Å²) in [4.78, 5) is 23.0. The summed E-state index contributed by atoms with van der Waals surface area (Å²) < 4.78 is 5.30. The maximum Gasteiger partial charge on any atom is 0.408 e. The third-order valence-electron chi connectivity index (χ3n) is 3.28. The van der Waals surface area contributed by atoms with Crippen LogP contribution in [0.3, 0.4) is 0 Å². The van der Waals surface area contributed by atoms with E-state index < -0.39 is 5.60 Å². The van der Waals surface area contributed by atoms with Crippen molar-refractivity contribution in [2.75, 3.05) is 0 Å². The highest BCUT2D eigenvalue weighted by Gasteiger charge is 2.36. The van der Waals surface area contributed by atoms with E-state index in [9.17, 15) is 9.59 Å². The van der Waals surface area contributed by atoms with E-state index >= 15 is 0 Å². The van der Waals surface area contributed by atoms with E-state index in [1.54, 1.807) is 6.92 Å². The van der Waals surface area contributed by atoms with Gasteiger partial charge in [-0.3, -0.25) is 0 Å². The van der Waals surface area contributed by atoms with Crippen LogP contribution >= 0.6 is 0 Å². The molecule has 0 unspecified atom stereocenters. The van der Waals surface area contributed by atoms with Crippen LogP contribution in [0.15, 0.2) is 0 Å².